The third-order valence-electron chi connectivity index (χ3n) is 4.95. The van der Waals surface area contributed by atoms with E-state index >= 15 is 0 Å². The Morgan fingerprint density at radius 3 is 2.56 bits per heavy atom. The minimum atomic E-state index is -0.541. The van der Waals surface area contributed by atoms with Crippen LogP contribution in [-0.4, -0.2) is 41.9 Å². The Morgan fingerprint density at radius 2 is 1.85 bits per heavy atom. The first-order valence-electron chi connectivity index (χ1n) is 9.98. The molecule has 11 heteroatoms. The molecule has 2 heterocycles. The van der Waals surface area contributed by atoms with Gasteiger partial charge in [0.05, 0.1) is 32.0 Å². The first-order chi connectivity index (χ1) is 16.4. The van der Waals surface area contributed by atoms with Gasteiger partial charge in [0, 0.05) is 17.8 Å². The van der Waals surface area contributed by atoms with E-state index in [-0.39, 0.29) is 29.9 Å². The lowest BCUT2D eigenvalue weighted by Crippen LogP contribution is -2.19. The van der Waals surface area contributed by atoms with Crippen molar-refractivity contribution in [2.24, 2.45) is 0 Å². The average molecular weight is 487 g/mol. The van der Waals surface area contributed by atoms with Gasteiger partial charge < -0.3 is 28.6 Å². The molecular weight excluding hydrogens is 467 g/mol. The van der Waals surface area contributed by atoms with Crippen LogP contribution in [0.15, 0.2) is 53.2 Å². The van der Waals surface area contributed by atoms with Crippen molar-refractivity contribution >= 4 is 23.2 Å². The van der Waals surface area contributed by atoms with E-state index in [9.17, 15) is 9.18 Å². The van der Waals surface area contributed by atoms with E-state index in [0.29, 0.717) is 33.5 Å². The Kier molecular flexibility index (Phi) is 6.69. The average Bonchev–Trinajstić information content (AvgIpc) is 3.48. The summed E-state index contributed by atoms with van der Waals surface area (Å²) in [6, 6.07) is 11.0. The molecule has 1 N–H and O–H groups in total. The number of aromatic nitrogens is 3. The maximum absolute atomic E-state index is 14.0. The molecule has 34 heavy (non-hydrogen) atoms. The van der Waals surface area contributed by atoms with Crippen LogP contribution in [0.1, 0.15) is 0 Å². The van der Waals surface area contributed by atoms with Crippen molar-refractivity contribution in [3.05, 3.63) is 59.5 Å². The van der Waals surface area contributed by atoms with Gasteiger partial charge in [-0.05, 0) is 36.4 Å². The molecule has 0 radical (unpaired) electrons. The summed E-state index contributed by atoms with van der Waals surface area (Å²) in [5.41, 5.74) is 1.34. The van der Waals surface area contributed by atoms with Gasteiger partial charge in [0.2, 0.25) is 11.7 Å². The highest BCUT2D eigenvalue weighted by Gasteiger charge is 2.18. The quantitative estimate of drug-likeness (QED) is 0.386. The van der Waals surface area contributed by atoms with E-state index in [1.165, 1.54) is 33.5 Å². The molecule has 0 saturated carbocycles. The Bertz CT molecular complexity index is 1340. The van der Waals surface area contributed by atoms with Crippen LogP contribution in [-0.2, 0) is 11.3 Å². The molecule has 176 valence electrons. The molecule has 2 aromatic heterocycles. The second-order valence-corrected chi connectivity index (χ2v) is 7.44. The van der Waals surface area contributed by atoms with Gasteiger partial charge in [-0.15, -0.1) is 0 Å². The zero-order chi connectivity index (χ0) is 24.2. The molecule has 0 spiro atoms. The van der Waals surface area contributed by atoms with Gasteiger partial charge in [-0.1, -0.05) is 16.8 Å². The van der Waals surface area contributed by atoms with Gasteiger partial charge in [0.1, 0.15) is 23.7 Å². The second kappa shape index (κ2) is 9.84. The predicted octanol–water partition coefficient (Wildman–Crippen LogP) is 4.66. The normalized spacial score (nSPS) is 10.7. The Balaban J connectivity index is 1.52. The number of rotatable bonds is 8. The molecule has 4 rings (SSSR count). The summed E-state index contributed by atoms with van der Waals surface area (Å²) in [6.07, 6.45) is 1.70. The summed E-state index contributed by atoms with van der Waals surface area (Å²) < 4.78 is 36.4. The molecular formula is C23H20ClFN4O5. The lowest BCUT2D eigenvalue weighted by Gasteiger charge is -2.13. The van der Waals surface area contributed by atoms with Gasteiger partial charge in [-0.25, -0.2) is 4.39 Å². The van der Waals surface area contributed by atoms with Crippen LogP contribution in [0, 0.1) is 5.82 Å². The number of methoxy groups -OCH3 is 3. The number of ether oxygens (including phenoxy) is 3. The summed E-state index contributed by atoms with van der Waals surface area (Å²) in [5.74, 6) is 0.431. The van der Waals surface area contributed by atoms with Crippen LogP contribution in [0.25, 0.3) is 23.0 Å². The summed E-state index contributed by atoms with van der Waals surface area (Å²) in [7, 11) is 4.35. The number of nitrogens with one attached hydrogen (secondary N) is 1. The van der Waals surface area contributed by atoms with Crippen molar-refractivity contribution in [3.63, 3.8) is 0 Å². The Morgan fingerprint density at radius 1 is 1.09 bits per heavy atom. The van der Waals surface area contributed by atoms with E-state index in [4.69, 9.17) is 30.3 Å². The second-order valence-electron chi connectivity index (χ2n) is 7.03. The van der Waals surface area contributed by atoms with Crippen molar-refractivity contribution in [2.75, 3.05) is 26.6 Å². The lowest BCUT2D eigenvalue weighted by molar-refractivity contribution is -0.116. The van der Waals surface area contributed by atoms with E-state index in [2.05, 4.69) is 15.5 Å². The van der Waals surface area contributed by atoms with E-state index in [1.807, 2.05) is 0 Å². The third-order valence-corrected chi connectivity index (χ3v) is 5.24. The number of hydrogen-bond acceptors (Lipinski definition) is 7. The number of benzene rings is 2. The molecule has 0 unspecified atom stereocenters. The van der Waals surface area contributed by atoms with Crippen LogP contribution in [0.3, 0.4) is 0 Å². The fourth-order valence-corrected chi connectivity index (χ4v) is 3.54. The highest BCUT2D eigenvalue weighted by Crippen LogP contribution is 2.36. The monoisotopic (exact) mass is 486 g/mol. The SMILES string of the molecule is COc1ccc(-c2noc(-c3cccn3CC(=O)Nc3cc(Cl)c(OC)cc3OC)n2)cc1F. The number of nitrogens with zero attached hydrogens (tertiary/aromatic N) is 3. The fourth-order valence-electron chi connectivity index (χ4n) is 3.30. The van der Waals surface area contributed by atoms with Crippen molar-refractivity contribution in [1.82, 2.24) is 14.7 Å². The smallest absolute Gasteiger partial charge is 0.274 e. The number of amides is 1. The third kappa shape index (κ3) is 4.67. The Labute approximate surface area is 199 Å². The number of hydrogen-bond donors (Lipinski definition) is 1. The standard InChI is InChI=1S/C23H20ClFN4O5/c1-31-18-7-6-13(9-15(18)25)22-27-23(34-28-22)17-5-4-8-29(17)12-21(30)26-16-10-14(24)19(32-2)11-20(16)33-3/h4-11H,12H2,1-3H3,(H,26,30). The first kappa shape index (κ1) is 23.1. The number of carbonyl (C=O) groups is 1. The molecule has 9 nitrogen and oxygen atoms in total. The Hall–Kier alpha value is -4.05. The molecule has 4 aromatic rings. The molecule has 0 bridgehead atoms. The molecule has 0 atom stereocenters. The maximum Gasteiger partial charge on any atom is 0.274 e. The number of anilines is 1. The van der Waals surface area contributed by atoms with Crippen LogP contribution in [0.2, 0.25) is 5.02 Å². The van der Waals surface area contributed by atoms with E-state index < -0.39 is 5.82 Å². The lowest BCUT2D eigenvalue weighted by atomic mass is 10.2. The van der Waals surface area contributed by atoms with Crippen molar-refractivity contribution in [3.8, 4) is 40.2 Å². The molecule has 2 aromatic carbocycles. The molecule has 0 aliphatic carbocycles. The van der Waals surface area contributed by atoms with Crippen LogP contribution >= 0.6 is 11.6 Å². The highest BCUT2D eigenvalue weighted by atomic mass is 35.5. The minimum absolute atomic E-state index is 0.0516. The van der Waals surface area contributed by atoms with Crippen LogP contribution in [0.4, 0.5) is 10.1 Å². The zero-order valence-corrected chi connectivity index (χ0v) is 19.2. The van der Waals surface area contributed by atoms with E-state index in [0.717, 1.165) is 0 Å². The van der Waals surface area contributed by atoms with Gasteiger partial charge in [0.25, 0.3) is 5.89 Å². The summed E-state index contributed by atoms with van der Waals surface area (Å²) in [6.45, 7) is -0.0516. The maximum atomic E-state index is 14.0. The summed E-state index contributed by atoms with van der Waals surface area (Å²) >= 11 is 6.17. The van der Waals surface area contributed by atoms with Gasteiger partial charge in [-0.3, -0.25) is 4.79 Å². The molecule has 1 amide bonds. The first-order valence-corrected chi connectivity index (χ1v) is 10.4. The topological polar surface area (TPSA) is 101 Å². The highest BCUT2D eigenvalue weighted by molar-refractivity contribution is 6.32. The van der Waals surface area contributed by atoms with Crippen LogP contribution < -0.4 is 19.5 Å². The predicted molar refractivity (Wildman–Crippen MR) is 123 cm³/mol. The number of halogens is 2. The largest absolute Gasteiger partial charge is 0.495 e. The van der Waals surface area contributed by atoms with Crippen molar-refractivity contribution in [1.29, 1.82) is 0 Å². The molecule has 0 aliphatic rings. The van der Waals surface area contributed by atoms with Gasteiger partial charge in [0.15, 0.2) is 11.6 Å². The summed E-state index contributed by atoms with van der Waals surface area (Å²) in [4.78, 5) is 17.1. The molecule has 0 saturated heterocycles. The number of carbonyl (C=O) groups excluding carboxylic acids is 1. The van der Waals surface area contributed by atoms with E-state index in [1.54, 1.807) is 41.1 Å². The van der Waals surface area contributed by atoms with Crippen LogP contribution in [0.5, 0.6) is 17.2 Å². The summed E-state index contributed by atoms with van der Waals surface area (Å²) in [5, 5.41) is 7.03. The van der Waals surface area contributed by atoms with Crippen molar-refractivity contribution in [2.45, 2.75) is 6.54 Å². The van der Waals surface area contributed by atoms with Gasteiger partial charge >= 0.3 is 0 Å². The van der Waals surface area contributed by atoms with Gasteiger partial charge in [-0.2, -0.15) is 4.98 Å². The molecule has 0 aliphatic heterocycles. The fraction of sp³-hybridized carbons (Fsp3) is 0.174. The molecule has 0 fully saturated rings. The minimum Gasteiger partial charge on any atom is -0.495 e. The van der Waals surface area contributed by atoms with Crippen molar-refractivity contribution < 1.29 is 27.9 Å². The zero-order valence-electron chi connectivity index (χ0n) is 18.5.